The second kappa shape index (κ2) is 7.64. The molecule has 2 aliphatic rings. The summed E-state index contributed by atoms with van der Waals surface area (Å²) < 4.78 is 0. The minimum absolute atomic E-state index is 0.709. The molecular formula is C17H34N2. The summed E-state index contributed by atoms with van der Waals surface area (Å²) in [6.07, 6.45) is 11.4. The number of nitrogens with zero attached hydrogens (tertiary/aromatic N) is 1. The average Bonchev–Trinajstić information content (AvgIpc) is 2.46. The highest BCUT2D eigenvalue weighted by atomic mass is 15.1. The van der Waals surface area contributed by atoms with E-state index in [0.29, 0.717) is 6.04 Å². The van der Waals surface area contributed by atoms with E-state index < -0.39 is 0 Å². The summed E-state index contributed by atoms with van der Waals surface area (Å²) in [5, 5.41) is 4.00. The summed E-state index contributed by atoms with van der Waals surface area (Å²) in [7, 11) is 2.26. The summed E-state index contributed by atoms with van der Waals surface area (Å²) in [5.74, 6) is 1.85. The molecule has 2 nitrogen and oxygen atoms in total. The minimum atomic E-state index is 0.709. The highest BCUT2D eigenvalue weighted by Gasteiger charge is 2.27. The molecule has 112 valence electrons. The van der Waals surface area contributed by atoms with E-state index >= 15 is 0 Å². The van der Waals surface area contributed by atoms with Crippen LogP contribution in [0.3, 0.4) is 0 Å². The molecule has 1 saturated carbocycles. The molecule has 2 unspecified atom stereocenters. The van der Waals surface area contributed by atoms with Crippen LogP contribution in [0.15, 0.2) is 0 Å². The van der Waals surface area contributed by atoms with Crippen LogP contribution in [0.1, 0.15) is 65.2 Å². The van der Waals surface area contributed by atoms with Crippen LogP contribution >= 0.6 is 0 Å². The molecule has 1 aliphatic carbocycles. The monoisotopic (exact) mass is 266 g/mol. The molecular weight excluding hydrogens is 232 g/mol. The quantitative estimate of drug-likeness (QED) is 0.817. The molecule has 1 saturated heterocycles. The summed E-state index contributed by atoms with van der Waals surface area (Å²) in [6, 6.07) is 1.48. The number of rotatable bonds is 5. The van der Waals surface area contributed by atoms with Crippen LogP contribution in [0.25, 0.3) is 0 Å². The summed E-state index contributed by atoms with van der Waals surface area (Å²) in [4.78, 5) is 2.47. The van der Waals surface area contributed by atoms with Crippen molar-refractivity contribution in [2.75, 3.05) is 20.1 Å². The van der Waals surface area contributed by atoms with Gasteiger partial charge in [-0.05, 0) is 71.0 Å². The molecule has 19 heavy (non-hydrogen) atoms. The van der Waals surface area contributed by atoms with E-state index in [1.807, 2.05) is 0 Å². The standard InChI is InChI=1S/C17H34N2/c1-4-17(16-8-6-5-7-9-16)18-14(2)15-10-12-19(3)13-11-15/h14-18H,4-13H2,1-3H3. The zero-order valence-electron chi connectivity index (χ0n) is 13.3. The van der Waals surface area contributed by atoms with Crippen molar-refractivity contribution >= 4 is 0 Å². The van der Waals surface area contributed by atoms with Gasteiger partial charge in [0.05, 0.1) is 0 Å². The Balaban J connectivity index is 1.79. The van der Waals surface area contributed by atoms with Gasteiger partial charge in [-0.2, -0.15) is 0 Å². The Labute approximate surface area is 120 Å². The van der Waals surface area contributed by atoms with Crippen LogP contribution in [0.5, 0.6) is 0 Å². The van der Waals surface area contributed by atoms with Gasteiger partial charge in [-0.25, -0.2) is 0 Å². The number of hydrogen-bond donors (Lipinski definition) is 1. The lowest BCUT2D eigenvalue weighted by Crippen LogP contribution is -2.47. The smallest absolute Gasteiger partial charge is 0.00952 e. The first-order chi connectivity index (χ1) is 9.20. The average molecular weight is 266 g/mol. The predicted octanol–water partition coefficient (Wildman–Crippen LogP) is 3.67. The van der Waals surface area contributed by atoms with Crippen molar-refractivity contribution in [3.05, 3.63) is 0 Å². The summed E-state index contributed by atoms with van der Waals surface area (Å²) >= 11 is 0. The van der Waals surface area contributed by atoms with Crippen molar-refractivity contribution in [1.82, 2.24) is 10.2 Å². The minimum Gasteiger partial charge on any atom is -0.311 e. The fraction of sp³-hybridized carbons (Fsp3) is 1.00. The first-order valence-electron chi connectivity index (χ1n) is 8.65. The molecule has 0 aromatic heterocycles. The van der Waals surface area contributed by atoms with Crippen LogP contribution in [0.4, 0.5) is 0 Å². The van der Waals surface area contributed by atoms with Crippen LogP contribution < -0.4 is 5.32 Å². The fourth-order valence-corrected chi connectivity index (χ4v) is 4.13. The molecule has 1 heterocycles. The Morgan fingerprint density at radius 3 is 2.21 bits per heavy atom. The van der Waals surface area contributed by atoms with Gasteiger partial charge in [-0.15, -0.1) is 0 Å². The lowest BCUT2D eigenvalue weighted by molar-refractivity contribution is 0.166. The van der Waals surface area contributed by atoms with Crippen molar-refractivity contribution < 1.29 is 0 Å². The number of piperidine rings is 1. The molecule has 0 aromatic carbocycles. The molecule has 0 aromatic rings. The second-order valence-electron chi connectivity index (χ2n) is 7.01. The van der Waals surface area contributed by atoms with Crippen molar-refractivity contribution in [2.45, 2.75) is 77.3 Å². The van der Waals surface area contributed by atoms with Gasteiger partial charge >= 0.3 is 0 Å². The van der Waals surface area contributed by atoms with Crippen molar-refractivity contribution in [1.29, 1.82) is 0 Å². The SMILES string of the molecule is CCC(NC(C)C1CCN(C)CC1)C1CCCCC1. The van der Waals surface area contributed by atoms with Gasteiger partial charge in [-0.3, -0.25) is 0 Å². The molecule has 2 heteroatoms. The van der Waals surface area contributed by atoms with Gasteiger partial charge in [0.2, 0.25) is 0 Å². The number of likely N-dealkylation sites (tertiary alicyclic amines) is 1. The van der Waals surface area contributed by atoms with Gasteiger partial charge in [-0.1, -0.05) is 26.2 Å². The van der Waals surface area contributed by atoms with Gasteiger partial charge in [0.25, 0.3) is 0 Å². The summed E-state index contributed by atoms with van der Waals surface area (Å²) in [5.41, 5.74) is 0. The van der Waals surface area contributed by atoms with Crippen molar-refractivity contribution in [3.63, 3.8) is 0 Å². The zero-order valence-corrected chi connectivity index (χ0v) is 13.3. The van der Waals surface area contributed by atoms with Crippen LogP contribution in [0, 0.1) is 11.8 Å². The molecule has 1 N–H and O–H groups in total. The third-order valence-electron chi connectivity index (χ3n) is 5.61. The molecule has 2 atom stereocenters. The Kier molecular flexibility index (Phi) is 6.15. The van der Waals surface area contributed by atoms with E-state index in [0.717, 1.165) is 17.9 Å². The predicted molar refractivity (Wildman–Crippen MR) is 83.5 cm³/mol. The molecule has 2 rings (SSSR count). The number of hydrogen-bond acceptors (Lipinski definition) is 2. The topological polar surface area (TPSA) is 15.3 Å². The van der Waals surface area contributed by atoms with E-state index in [4.69, 9.17) is 0 Å². The Morgan fingerprint density at radius 1 is 1.00 bits per heavy atom. The second-order valence-corrected chi connectivity index (χ2v) is 7.01. The first-order valence-corrected chi connectivity index (χ1v) is 8.65. The first kappa shape index (κ1) is 15.3. The van der Waals surface area contributed by atoms with E-state index in [2.05, 4.69) is 31.1 Å². The van der Waals surface area contributed by atoms with Gasteiger partial charge in [0.1, 0.15) is 0 Å². The Morgan fingerprint density at radius 2 is 1.63 bits per heavy atom. The number of nitrogens with one attached hydrogen (secondary N) is 1. The van der Waals surface area contributed by atoms with Crippen LogP contribution in [-0.2, 0) is 0 Å². The Bertz CT molecular complexity index is 240. The van der Waals surface area contributed by atoms with E-state index in [-0.39, 0.29) is 0 Å². The molecule has 1 aliphatic heterocycles. The van der Waals surface area contributed by atoms with Gasteiger partial charge in [0.15, 0.2) is 0 Å². The Hall–Kier alpha value is -0.0800. The maximum atomic E-state index is 4.00. The highest BCUT2D eigenvalue weighted by Crippen LogP contribution is 2.29. The van der Waals surface area contributed by atoms with E-state index in [9.17, 15) is 0 Å². The van der Waals surface area contributed by atoms with Gasteiger partial charge in [0, 0.05) is 12.1 Å². The molecule has 0 spiro atoms. The molecule has 2 fully saturated rings. The maximum Gasteiger partial charge on any atom is 0.00952 e. The zero-order chi connectivity index (χ0) is 13.7. The van der Waals surface area contributed by atoms with Crippen molar-refractivity contribution in [3.8, 4) is 0 Å². The highest BCUT2D eigenvalue weighted by molar-refractivity contribution is 4.85. The third kappa shape index (κ3) is 4.46. The maximum absolute atomic E-state index is 4.00. The van der Waals surface area contributed by atoms with Crippen LogP contribution in [0.2, 0.25) is 0 Å². The molecule has 0 bridgehead atoms. The van der Waals surface area contributed by atoms with E-state index in [1.54, 1.807) is 0 Å². The van der Waals surface area contributed by atoms with Crippen LogP contribution in [-0.4, -0.2) is 37.1 Å². The largest absolute Gasteiger partial charge is 0.311 e. The van der Waals surface area contributed by atoms with Crippen molar-refractivity contribution in [2.24, 2.45) is 11.8 Å². The molecule has 0 radical (unpaired) electrons. The normalized spacial score (nSPS) is 27.3. The van der Waals surface area contributed by atoms with Gasteiger partial charge < -0.3 is 10.2 Å². The molecule has 0 amide bonds. The fourth-order valence-electron chi connectivity index (χ4n) is 4.13. The van der Waals surface area contributed by atoms with E-state index in [1.165, 1.54) is 64.5 Å². The lowest BCUT2D eigenvalue weighted by atomic mass is 9.81. The summed E-state index contributed by atoms with van der Waals surface area (Å²) in [6.45, 7) is 7.38. The lowest BCUT2D eigenvalue weighted by Gasteiger charge is -2.38. The third-order valence-corrected chi connectivity index (χ3v) is 5.61.